The predicted octanol–water partition coefficient (Wildman–Crippen LogP) is 1.36. The minimum absolute atomic E-state index is 0.114. The fourth-order valence-corrected chi connectivity index (χ4v) is 1.75. The summed E-state index contributed by atoms with van der Waals surface area (Å²) in [6.45, 7) is 0. The monoisotopic (exact) mass is 307 g/mol. The Bertz CT molecular complexity index is 662. The van der Waals surface area contributed by atoms with Gasteiger partial charge in [0.1, 0.15) is 5.82 Å². The van der Waals surface area contributed by atoms with Crippen LogP contribution in [0.4, 0.5) is 5.82 Å². The Morgan fingerprint density at radius 2 is 1.94 bits per heavy atom. The third kappa shape index (κ3) is 2.19. The Morgan fingerprint density at radius 3 is 2.56 bits per heavy atom. The van der Waals surface area contributed by atoms with Crippen molar-refractivity contribution in [3.8, 4) is 0 Å². The molecular formula is C12H10BrN3O2. The first-order valence-corrected chi connectivity index (χ1v) is 5.92. The van der Waals surface area contributed by atoms with Crippen molar-refractivity contribution in [1.82, 2.24) is 9.55 Å². The fourth-order valence-electron chi connectivity index (χ4n) is 1.49. The highest BCUT2D eigenvalue weighted by atomic mass is 79.9. The van der Waals surface area contributed by atoms with E-state index in [4.69, 9.17) is 5.73 Å². The van der Waals surface area contributed by atoms with Crippen molar-refractivity contribution in [2.24, 2.45) is 7.05 Å². The van der Waals surface area contributed by atoms with Crippen molar-refractivity contribution < 1.29 is 4.79 Å². The van der Waals surface area contributed by atoms with Crippen molar-refractivity contribution in [3.63, 3.8) is 0 Å². The zero-order valence-corrected chi connectivity index (χ0v) is 11.1. The number of halogens is 1. The number of carbonyl (C=O) groups is 1. The smallest absolute Gasteiger partial charge is 0.348 e. The average molecular weight is 308 g/mol. The fraction of sp³-hybridized carbons (Fsp3) is 0.0833. The Hall–Kier alpha value is -1.95. The molecule has 5 nitrogen and oxygen atoms in total. The van der Waals surface area contributed by atoms with Gasteiger partial charge in [0.15, 0.2) is 5.78 Å². The van der Waals surface area contributed by atoms with Gasteiger partial charge in [0.2, 0.25) is 0 Å². The molecule has 18 heavy (non-hydrogen) atoms. The van der Waals surface area contributed by atoms with E-state index in [1.807, 2.05) is 0 Å². The van der Waals surface area contributed by atoms with Crippen molar-refractivity contribution >= 4 is 27.5 Å². The molecule has 92 valence electrons. The van der Waals surface area contributed by atoms with Crippen molar-refractivity contribution in [2.75, 3.05) is 5.73 Å². The van der Waals surface area contributed by atoms with E-state index in [9.17, 15) is 9.59 Å². The van der Waals surface area contributed by atoms with Crippen LogP contribution in [0.3, 0.4) is 0 Å². The molecule has 2 aromatic rings. The van der Waals surface area contributed by atoms with Crippen LogP contribution in [0.25, 0.3) is 0 Å². The Balaban J connectivity index is 2.50. The van der Waals surface area contributed by atoms with Crippen LogP contribution in [0.1, 0.15) is 15.9 Å². The number of nitrogens with zero attached hydrogens (tertiary/aromatic N) is 2. The number of carbonyl (C=O) groups excluding carboxylic acids is 1. The van der Waals surface area contributed by atoms with Crippen LogP contribution >= 0.6 is 15.9 Å². The second-order valence-corrected chi connectivity index (χ2v) is 4.65. The molecule has 2 N–H and O–H groups in total. The lowest BCUT2D eigenvalue weighted by atomic mass is 10.1. The lowest BCUT2D eigenvalue weighted by Crippen LogP contribution is -2.25. The first-order chi connectivity index (χ1) is 8.50. The van der Waals surface area contributed by atoms with E-state index in [-0.39, 0.29) is 17.2 Å². The quantitative estimate of drug-likeness (QED) is 0.850. The third-order valence-electron chi connectivity index (χ3n) is 2.58. The summed E-state index contributed by atoms with van der Waals surface area (Å²) in [5.41, 5.74) is 5.97. The molecule has 0 aliphatic carbocycles. The number of ketones is 1. The van der Waals surface area contributed by atoms with Gasteiger partial charge < -0.3 is 5.73 Å². The van der Waals surface area contributed by atoms with Gasteiger partial charge in [-0.2, -0.15) is 0 Å². The topological polar surface area (TPSA) is 78.0 Å². The van der Waals surface area contributed by atoms with E-state index < -0.39 is 5.69 Å². The van der Waals surface area contributed by atoms with E-state index in [0.29, 0.717) is 5.56 Å². The Labute approximate surface area is 111 Å². The SMILES string of the molecule is Cn1c(N)c(C(=O)c2ccc(Br)cc2)cnc1=O. The van der Waals surface area contributed by atoms with Crippen LogP contribution in [0, 0.1) is 0 Å². The van der Waals surface area contributed by atoms with Gasteiger partial charge in [-0.25, -0.2) is 9.78 Å². The standard InChI is InChI=1S/C12H10BrN3O2/c1-16-11(14)9(6-15-12(16)18)10(17)7-2-4-8(13)5-3-7/h2-6H,14H2,1H3. The maximum absolute atomic E-state index is 12.2. The van der Waals surface area contributed by atoms with E-state index in [0.717, 1.165) is 9.04 Å². The lowest BCUT2D eigenvalue weighted by molar-refractivity contribution is 0.103. The molecule has 0 amide bonds. The van der Waals surface area contributed by atoms with Crippen LogP contribution in [0.5, 0.6) is 0 Å². The van der Waals surface area contributed by atoms with Gasteiger partial charge >= 0.3 is 5.69 Å². The molecule has 0 unspecified atom stereocenters. The second-order valence-electron chi connectivity index (χ2n) is 3.73. The van der Waals surface area contributed by atoms with Gasteiger partial charge in [-0.1, -0.05) is 15.9 Å². The number of aromatic nitrogens is 2. The molecule has 0 saturated heterocycles. The molecule has 0 aliphatic heterocycles. The number of nitrogen functional groups attached to an aromatic ring is 1. The van der Waals surface area contributed by atoms with E-state index >= 15 is 0 Å². The second kappa shape index (κ2) is 4.73. The number of hydrogen-bond donors (Lipinski definition) is 1. The van der Waals surface area contributed by atoms with E-state index in [1.165, 1.54) is 13.2 Å². The molecule has 1 aromatic heterocycles. The number of benzene rings is 1. The molecule has 0 saturated carbocycles. The highest BCUT2D eigenvalue weighted by molar-refractivity contribution is 9.10. The normalized spacial score (nSPS) is 10.3. The molecule has 0 atom stereocenters. The van der Waals surface area contributed by atoms with Gasteiger partial charge in [0.05, 0.1) is 5.56 Å². The van der Waals surface area contributed by atoms with Crippen molar-refractivity contribution in [2.45, 2.75) is 0 Å². The number of nitrogens with two attached hydrogens (primary N) is 1. The maximum atomic E-state index is 12.2. The largest absolute Gasteiger partial charge is 0.384 e. The molecule has 0 aliphatic rings. The summed E-state index contributed by atoms with van der Waals surface area (Å²) in [6, 6.07) is 6.88. The van der Waals surface area contributed by atoms with Crippen LogP contribution in [-0.2, 0) is 7.05 Å². The minimum Gasteiger partial charge on any atom is -0.384 e. The van der Waals surface area contributed by atoms with Gasteiger partial charge in [0, 0.05) is 23.3 Å². The highest BCUT2D eigenvalue weighted by Gasteiger charge is 2.15. The summed E-state index contributed by atoms with van der Waals surface area (Å²) in [7, 11) is 1.48. The van der Waals surface area contributed by atoms with Gasteiger partial charge in [0.25, 0.3) is 0 Å². The van der Waals surface area contributed by atoms with Gasteiger partial charge in [-0.15, -0.1) is 0 Å². The lowest BCUT2D eigenvalue weighted by Gasteiger charge is -2.07. The zero-order chi connectivity index (χ0) is 13.3. The molecule has 6 heteroatoms. The summed E-state index contributed by atoms with van der Waals surface area (Å²) >= 11 is 3.29. The van der Waals surface area contributed by atoms with Crippen LogP contribution in [0.15, 0.2) is 39.7 Å². The first-order valence-electron chi connectivity index (χ1n) is 5.12. The molecular weight excluding hydrogens is 298 g/mol. The average Bonchev–Trinajstić information content (AvgIpc) is 2.36. The van der Waals surface area contributed by atoms with Gasteiger partial charge in [-0.05, 0) is 24.3 Å². The molecule has 2 rings (SSSR count). The molecule has 1 heterocycles. The van der Waals surface area contributed by atoms with Crippen LogP contribution < -0.4 is 11.4 Å². The summed E-state index contributed by atoms with van der Waals surface area (Å²) in [5.74, 6) is -0.147. The van der Waals surface area contributed by atoms with Crippen molar-refractivity contribution in [1.29, 1.82) is 0 Å². The molecule has 0 bridgehead atoms. The Morgan fingerprint density at radius 1 is 1.33 bits per heavy atom. The van der Waals surface area contributed by atoms with Gasteiger partial charge in [-0.3, -0.25) is 9.36 Å². The first kappa shape index (κ1) is 12.5. The zero-order valence-electron chi connectivity index (χ0n) is 9.55. The number of hydrogen-bond acceptors (Lipinski definition) is 4. The minimum atomic E-state index is -0.486. The maximum Gasteiger partial charge on any atom is 0.348 e. The highest BCUT2D eigenvalue weighted by Crippen LogP contribution is 2.16. The number of anilines is 1. The van der Waals surface area contributed by atoms with E-state index in [1.54, 1.807) is 24.3 Å². The molecule has 0 radical (unpaired) electrons. The molecule has 0 spiro atoms. The third-order valence-corrected chi connectivity index (χ3v) is 3.11. The predicted molar refractivity (Wildman–Crippen MR) is 71.5 cm³/mol. The molecule has 1 aromatic carbocycles. The summed E-state index contributed by atoms with van der Waals surface area (Å²) in [6.07, 6.45) is 1.21. The summed E-state index contributed by atoms with van der Waals surface area (Å²) in [4.78, 5) is 27.0. The van der Waals surface area contributed by atoms with Crippen molar-refractivity contribution in [3.05, 3.63) is 56.5 Å². The summed E-state index contributed by atoms with van der Waals surface area (Å²) in [5, 5.41) is 0. The Kier molecular flexibility index (Phi) is 3.29. The molecule has 0 fully saturated rings. The van der Waals surface area contributed by atoms with Crippen LogP contribution in [0.2, 0.25) is 0 Å². The number of rotatable bonds is 2. The van der Waals surface area contributed by atoms with E-state index in [2.05, 4.69) is 20.9 Å². The summed E-state index contributed by atoms with van der Waals surface area (Å²) < 4.78 is 2.03. The van der Waals surface area contributed by atoms with Crippen LogP contribution in [-0.4, -0.2) is 15.3 Å².